The number of halogens is 6. The van der Waals surface area contributed by atoms with Gasteiger partial charge >= 0.3 is 11.0 Å². The lowest BCUT2D eigenvalue weighted by Gasteiger charge is -2.14. The minimum Gasteiger partial charge on any atom is -0.249 e. The Labute approximate surface area is 76.3 Å². The van der Waals surface area contributed by atoms with Crippen molar-refractivity contribution in [2.24, 2.45) is 0 Å². The van der Waals surface area contributed by atoms with Crippen molar-refractivity contribution < 1.29 is 30.6 Å². The SMILES string of the molecule is CC(SC(F)(F)F)S(=O)C(F)(F)F. The molecule has 2 atom stereocenters. The van der Waals surface area contributed by atoms with Crippen LogP contribution < -0.4 is 0 Å². The van der Waals surface area contributed by atoms with Crippen molar-refractivity contribution in [1.29, 1.82) is 0 Å². The van der Waals surface area contributed by atoms with Crippen molar-refractivity contribution in [1.82, 2.24) is 0 Å². The van der Waals surface area contributed by atoms with Crippen LogP contribution >= 0.6 is 11.8 Å². The van der Waals surface area contributed by atoms with E-state index in [0.717, 1.165) is 0 Å². The monoisotopic (exact) mass is 246 g/mol. The Hall–Kier alpha value is 0.0800. The highest BCUT2D eigenvalue weighted by Crippen LogP contribution is 2.38. The molecule has 13 heavy (non-hydrogen) atoms. The Morgan fingerprint density at radius 3 is 1.77 bits per heavy atom. The molecule has 0 aromatic rings. The van der Waals surface area contributed by atoms with Crippen molar-refractivity contribution >= 4 is 22.6 Å². The van der Waals surface area contributed by atoms with Gasteiger partial charge in [-0.25, -0.2) is 4.21 Å². The van der Waals surface area contributed by atoms with Gasteiger partial charge in [0.15, 0.2) is 0 Å². The molecule has 0 fully saturated rings. The summed E-state index contributed by atoms with van der Waals surface area (Å²) in [5.41, 5.74) is -9.90. The Balaban J connectivity index is 4.30. The largest absolute Gasteiger partial charge is 0.472 e. The molecule has 2 unspecified atom stereocenters. The first kappa shape index (κ1) is 13.1. The second-order valence-corrected chi connectivity index (χ2v) is 5.34. The summed E-state index contributed by atoms with van der Waals surface area (Å²) in [4.78, 5) is 0. The van der Waals surface area contributed by atoms with Crippen LogP contribution in [0.4, 0.5) is 26.3 Å². The van der Waals surface area contributed by atoms with E-state index in [2.05, 4.69) is 0 Å². The standard InChI is InChI=1S/C4H4F6OS2/c1-2(12-3(5,6)7)13(11)4(8,9)10/h2H,1H3. The first-order valence-electron chi connectivity index (χ1n) is 2.76. The summed E-state index contributed by atoms with van der Waals surface area (Å²) in [5.74, 6) is 0. The van der Waals surface area contributed by atoms with E-state index >= 15 is 0 Å². The molecule has 0 N–H and O–H groups in total. The highest BCUT2D eigenvalue weighted by atomic mass is 32.2. The van der Waals surface area contributed by atoms with Crippen LogP contribution in [0.25, 0.3) is 0 Å². The van der Waals surface area contributed by atoms with Gasteiger partial charge in [-0.3, -0.25) is 0 Å². The molecular formula is C4H4F6OS2. The lowest BCUT2D eigenvalue weighted by Crippen LogP contribution is -2.25. The van der Waals surface area contributed by atoms with Gasteiger partial charge in [0.05, 0.1) is 4.58 Å². The molecule has 0 radical (unpaired) electrons. The molecule has 0 aliphatic rings. The van der Waals surface area contributed by atoms with Crippen molar-refractivity contribution in [3.8, 4) is 0 Å². The van der Waals surface area contributed by atoms with Crippen molar-refractivity contribution in [2.45, 2.75) is 22.5 Å². The summed E-state index contributed by atoms with van der Waals surface area (Å²) in [6.07, 6.45) is 0. The van der Waals surface area contributed by atoms with E-state index in [1.54, 1.807) is 0 Å². The summed E-state index contributed by atoms with van der Waals surface area (Å²) in [6.45, 7) is 0.613. The third-order valence-electron chi connectivity index (χ3n) is 0.829. The Kier molecular flexibility index (Phi) is 4.10. The van der Waals surface area contributed by atoms with Crippen LogP contribution in [0.2, 0.25) is 0 Å². The quantitative estimate of drug-likeness (QED) is 0.697. The molecule has 1 nitrogen and oxygen atoms in total. The zero-order valence-electron chi connectivity index (χ0n) is 6.07. The van der Waals surface area contributed by atoms with Crippen LogP contribution in [0.1, 0.15) is 6.92 Å². The minimum absolute atomic E-state index is 0.613. The third kappa shape index (κ3) is 5.40. The highest BCUT2D eigenvalue weighted by Gasteiger charge is 2.44. The predicted molar refractivity (Wildman–Crippen MR) is 37.3 cm³/mol. The summed E-state index contributed by atoms with van der Waals surface area (Å²) >= 11 is -0.928. The van der Waals surface area contributed by atoms with Gasteiger partial charge in [0, 0.05) is 0 Å². The van der Waals surface area contributed by atoms with E-state index in [0.29, 0.717) is 6.92 Å². The fraction of sp³-hybridized carbons (Fsp3) is 1.00. The van der Waals surface area contributed by atoms with E-state index in [1.165, 1.54) is 0 Å². The topological polar surface area (TPSA) is 17.1 Å². The van der Waals surface area contributed by atoms with Crippen LogP contribution in [0.15, 0.2) is 0 Å². The molecule has 0 spiro atoms. The molecular weight excluding hydrogens is 242 g/mol. The lowest BCUT2D eigenvalue weighted by molar-refractivity contribution is -0.0391. The van der Waals surface area contributed by atoms with E-state index < -0.39 is 38.2 Å². The van der Waals surface area contributed by atoms with Gasteiger partial charge in [0.2, 0.25) is 0 Å². The zero-order valence-corrected chi connectivity index (χ0v) is 7.70. The predicted octanol–water partition coefficient (Wildman–Crippen LogP) is 2.85. The average Bonchev–Trinajstić information content (AvgIpc) is 1.79. The smallest absolute Gasteiger partial charge is 0.249 e. The summed E-state index contributed by atoms with van der Waals surface area (Å²) in [5, 5.41) is 0. The summed E-state index contributed by atoms with van der Waals surface area (Å²) in [6, 6.07) is 0. The van der Waals surface area contributed by atoms with Gasteiger partial charge < -0.3 is 0 Å². The van der Waals surface area contributed by atoms with Crippen molar-refractivity contribution in [3.05, 3.63) is 0 Å². The van der Waals surface area contributed by atoms with Gasteiger partial charge in [0.1, 0.15) is 10.8 Å². The van der Waals surface area contributed by atoms with Crippen molar-refractivity contribution in [3.63, 3.8) is 0 Å². The summed E-state index contributed by atoms with van der Waals surface area (Å²) in [7, 11) is -3.49. The molecule has 0 saturated heterocycles. The molecule has 9 heteroatoms. The summed E-state index contributed by atoms with van der Waals surface area (Å²) < 4.78 is 77.6. The van der Waals surface area contributed by atoms with Gasteiger partial charge in [0.25, 0.3) is 0 Å². The molecule has 0 amide bonds. The highest BCUT2D eigenvalue weighted by molar-refractivity contribution is 8.12. The second kappa shape index (κ2) is 4.07. The fourth-order valence-corrected chi connectivity index (χ4v) is 2.18. The van der Waals surface area contributed by atoms with Gasteiger partial charge in [-0.1, -0.05) is 0 Å². The van der Waals surface area contributed by atoms with Gasteiger partial charge in [-0.05, 0) is 18.7 Å². The molecule has 0 rings (SSSR count). The van der Waals surface area contributed by atoms with Gasteiger partial charge in [-0.2, -0.15) is 26.3 Å². The molecule has 0 aromatic carbocycles. The van der Waals surface area contributed by atoms with Crippen molar-refractivity contribution in [2.75, 3.05) is 0 Å². The average molecular weight is 246 g/mol. The Morgan fingerprint density at radius 1 is 1.15 bits per heavy atom. The molecule has 0 saturated carbocycles. The molecule has 0 aliphatic heterocycles. The molecule has 0 aromatic heterocycles. The maximum atomic E-state index is 11.6. The van der Waals surface area contributed by atoms with Gasteiger partial charge in [-0.15, -0.1) is 0 Å². The molecule has 0 heterocycles. The lowest BCUT2D eigenvalue weighted by atomic mass is 11.0. The zero-order chi connectivity index (χ0) is 10.9. The van der Waals surface area contributed by atoms with E-state index in [4.69, 9.17) is 0 Å². The minimum atomic E-state index is -5.10. The first-order chi connectivity index (χ1) is 5.54. The Morgan fingerprint density at radius 2 is 1.54 bits per heavy atom. The maximum Gasteiger partial charge on any atom is 0.472 e. The first-order valence-corrected chi connectivity index (χ1v) is 4.85. The molecule has 0 bridgehead atoms. The van der Waals surface area contributed by atoms with Crippen LogP contribution in [-0.2, 0) is 10.8 Å². The number of alkyl halides is 6. The van der Waals surface area contributed by atoms with Crippen LogP contribution in [0.3, 0.4) is 0 Å². The molecule has 80 valence electrons. The normalized spacial score (nSPS) is 18.4. The van der Waals surface area contributed by atoms with E-state index in [1.807, 2.05) is 0 Å². The second-order valence-electron chi connectivity index (χ2n) is 1.87. The third-order valence-corrected chi connectivity index (χ3v) is 3.30. The van der Waals surface area contributed by atoms with Crippen LogP contribution in [-0.4, -0.2) is 19.8 Å². The van der Waals surface area contributed by atoms with Crippen LogP contribution in [0, 0.1) is 0 Å². The molecule has 0 aliphatic carbocycles. The number of rotatable bonds is 2. The van der Waals surface area contributed by atoms with Crippen LogP contribution in [0.5, 0.6) is 0 Å². The number of thioether (sulfide) groups is 1. The Bertz CT molecular complexity index is 196. The number of hydrogen-bond donors (Lipinski definition) is 0. The fourth-order valence-electron chi connectivity index (χ4n) is 0.420. The van der Waals surface area contributed by atoms with E-state index in [-0.39, 0.29) is 0 Å². The number of hydrogen-bond acceptors (Lipinski definition) is 2. The van der Waals surface area contributed by atoms with E-state index in [9.17, 15) is 30.6 Å². The maximum absolute atomic E-state index is 11.6.